The van der Waals surface area contributed by atoms with Gasteiger partial charge in [0.05, 0.1) is 0 Å². The highest BCUT2D eigenvalue weighted by atomic mass is 17.2. The average molecular weight is 151 g/mol. The zero-order valence-electron chi connectivity index (χ0n) is 5.82. The highest BCUT2D eigenvalue weighted by Gasteiger charge is 2.20. The maximum atomic E-state index is 11.2. The monoisotopic (exact) mass is 151 g/mol. The molecule has 0 spiro atoms. The van der Waals surface area contributed by atoms with Gasteiger partial charge in [0.1, 0.15) is 12.7 Å². The van der Waals surface area contributed by atoms with Gasteiger partial charge in [0, 0.05) is 5.56 Å². The maximum absolute atomic E-state index is 11.2. The molecule has 1 aliphatic heterocycles. The van der Waals surface area contributed by atoms with E-state index in [4.69, 9.17) is 4.89 Å². The first-order valence-electron chi connectivity index (χ1n) is 3.42. The molecule has 1 aliphatic rings. The molecule has 0 aromatic heterocycles. The van der Waals surface area contributed by atoms with Crippen molar-refractivity contribution in [1.82, 2.24) is 0 Å². The van der Waals surface area contributed by atoms with Crippen molar-refractivity contribution in [2.75, 3.05) is 6.61 Å². The molecule has 3 heteroatoms. The molecule has 0 saturated heterocycles. The Morgan fingerprint density at radius 2 is 2.18 bits per heavy atom. The summed E-state index contributed by atoms with van der Waals surface area (Å²) in [7, 11) is 0. The molecular formula is C8H7O3. The van der Waals surface area contributed by atoms with Crippen LogP contribution >= 0.6 is 0 Å². The van der Waals surface area contributed by atoms with Crippen LogP contribution in [0.5, 0.6) is 5.75 Å². The first kappa shape index (κ1) is 6.64. The van der Waals surface area contributed by atoms with Gasteiger partial charge >= 0.3 is 0 Å². The van der Waals surface area contributed by atoms with Gasteiger partial charge in [-0.1, -0.05) is 18.2 Å². The summed E-state index contributed by atoms with van der Waals surface area (Å²) in [5.74, 6) is 0.541. The van der Waals surface area contributed by atoms with Crippen LogP contribution in [-0.4, -0.2) is 6.61 Å². The topological polar surface area (TPSA) is 38.4 Å². The Kier molecular flexibility index (Phi) is 1.52. The van der Waals surface area contributed by atoms with Crippen LogP contribution in [0.25, 0.3) is 0 Å². The van der Waals surface area contributed by atoms with Crippen molar-refractivity contribution < 1.29 is 14.9 Å². The highest BCUT2D eigenvalue weighted by molar-refractivity contribution is 5.35. The summed E-state index contributed by atoms with van der Waals surface area (Å²) in [6.07, 6.45) is -0.806. The van der Waals surface area contributed by atoms with Gasteiger partial charge in [-0.15, -0.1) is 0 Å². The molecule has 3 nitrogen and oxygen atoms in total. The predicted octanol–water partition coefficient (Wildman–Crippen LogP) is 1.48. The van der Waals surface area contributed by atoms with Crippen LogP contribution in [0.1, 0.15) is 11.7 Å². The minimum atomic E-state index is -0.806. The van der Waals surface area contributed by atoms with E-state index in [-0.39, 0.29) is 6.61 Å². The van der Waals surface area contributed by atoms with Crippen LogP contribution in [-0.2, 0) is 9.99 Å². The quantitative estimate of drug-likeness (QED) is 0.527. The summed E-state index contributed by atoms with van der Waals surface area (Å²) < 4.78 is 0. The van der Waals surface area contributed by atoms with Crippen LogP contribution < -0.4 is 4.89 Å². The largest absolute Gasteiger partial charge is 0.337 e. The molecule has 1 aromatic carbocycles. The van der Waals surface area contributed by atoms with Crippen molar-refractivity contribution in [2.24, 2.45) is 0 Å². The molecule has 1 aromatic rings. The van der Waals surface area contributed by atoms with Gasteiger partial charge in [-0.05, 0) is 6.07 Å². The maximum Gasteiger partial charge on any atom is 0.171 e. The van der Waals surface area contributed by atoms with Gasteiger partial charge in [0.25, 0.3) is 0 Å². The first-order chi connectivity index (χ1) is 5.38. The van der Waals surface area contributed by atoms with Crippen LogP contribution in [0.2, 0.25) is 0 Å². The van der Waals surface area contributed by atoms with E-state index in [1.807, 2.05) is 6.07 Å². The lowest BCUT2D eigenvalue weighted by Crippen LogP contribution is -2.15. The summed E-state index contributed by atoms with van der Waals surface area (Å²) >= 11 is 0. The van der Waals surface area contributed by atoms with E-state index < -0.39 is 6.10 Å². The van der Waals surface area contributed by atoms with Crippen molar-refractivity contribution in [3.8, 4) is 5.75 Å². The molecule has 1 heterocycles. The summed E-state index contributed by atoms with van der Waals surface area (Å²) in [6, 6.07) is 7.10. The number of hydrogen-bond acceptors (Lipinski definition) is 2. The van der Waals surface area contributed by atoms with Crippen LogP contribution in [0.15, 0.2) is 24.3 Å². The van der Waals surface area contributed by atoms with Gasteiger partial charge < -0.3 is 4.89 Å². The van der Waals surface area contributed by atoms with E-state index in [9.17, 15) is 5.11 Å². The number of benzene rings is 1. The molecule has 1 atom stereocenters. The number of fused-ring (bicyclic) bond motifs is 1. The van der Waals surface area contributed by atoms with Crippen LogP contribution in [0.3, 0.4) is 0 Å². The Hall–Kier alpha value is -1.06. The molecule has 2 rings (SSSR count). The second-order valence-corrected chi connectivity index (χ2v) is 2.39. The molecule has 57 valence electrons. The van der Waals surface area contributed by atoms with E-state index in [1.54, 1.807) is 18.2 Å². The lowest BCUT2D eigenvalue weighted by Gasteiger charge is -2.18. The van der Waals surface area contributed by atoms with E-state index in [0.29, 0.717) is 11.3 Å². The van der Waals surface area contributed by atoms with Gasteiger partial charge in [0.15, 0.2) is 5.75 Å². The third-order valence-electron chi connectivity index (χ3n) is 1.63. The van der Waals surface area contributed by atoms with E-state index in [1.165, 1.54) is 0 Å². The first-order valence-corrected chi connectivity index (χ1v) is 3.42. The zero-order chi connectivity index (χ0) is 7.68. The van der Waals surface area contributed by atoms with Crippen LogP contribution in [0.4, 0.5) is 0 Å². The van der Waals surface area contributed by atoms with E-state index in [0.717, 1.165) is 0 Å². The summed E-state index contributed by atoms with van der Waals surface area (Å²) in [6.45, 7) is 0.0943. The Bertz CT molecular complexity index is 259. The lowest BCUT2D eigenvalue weighted by molar-refractivity contribution is -0.245. The Labute approximate surface area is 64.1 Å². The summed E-state index contributed by atoms with van der Waals surface area (Å²) in [5.41, 5.74) is 0.679. The summed E-state index contributed by atoms with van der Waals surface area (Å²) in [4.78, 5) is 9.39. The third kappa shape index (κ3) is 1.08. The van der Waals surface area contributed by atoms with E-state index >= 15 is 0 Å². The molecule has 0 aliphatic carbocycles. The van der Waals surface area contributed by atoms with Crippen LogP contribution in [0, 0.1) is 0 Å². The van der Waals surface area contributed by atoms with Gasteiger partial charge in [-0.3, -0.25) is 0 Å². The molecule has 0 fully saturated rings. The third-order valence-corrected chi connectivity index (χ3v) is 1.63. The standard InChI is InChI=1S/C8H7O3/c9-7-5-10-11-8-4-2-1-3-6(7)8/h1-4,7H,5H2. The van der Waals surface area contributed by atoms with Crippen molar-refractivity contribution in [2.45, 2.75) is 6.10 Å². The fourth-order valence-electron chi connectivity index (χ4n) is 1.07. The van der Waals surface area contributed by atoms with Gasteiger partial charge in [0.2, 0.25) is 0 Å². The SMILES string of the molecule is [O]C1COOc2ccccc21. The fraction of sp³-hybridized carbons (Fsp3) is 0.250. The molecule has 0 bridgehead atoms. The number of para-hydroxylation sites is 1. The normalized spacial score (nSPS) is 22.1. The Morgan fingerprint density at radius 3 is 3.00 bits per heavy atom. The molecular weight excluding hydrogens is 144 g/mol. The number of rotatable bonds is 0. The van der Waals surface area contributed by atoms with Crippen molar-refractivity contribution >= 4 is 0 Å². The highest BCUT2D eigenvalue weighted by Crippen LogP contribution is 2.29. The smallest absolute Gasteiger partial charge is 0.171 e. The minimum absolute atomic E-state index is 0.0943. The van der Waals surface area contributed by atoms with Crippen molar-refractivity contribution in [3.05, 3.63) is 29.8 Å². The molecule has 1 radical (unpaired) electrons. The average Bonchev–Trinajstić information content (AvgIpc) is 2.06. The summed E-state index contributed by atoms with van der Waals surface area (Å²) in [5, 5.41) is 11.2. The Balaban J connectivity index is 2.44. The lowest BCUT2D eigenvalue weighted by atomic mass is 10.1. The second kappa shape index (κ2) is 2.53. The van der Waals surface area contributed by atoms with Gasteiger partial charge in [-0.25, -0.2) is 5.11 Å². The molecule has 1 unspecified atom stereocenters. The zero-order valence-corrected chi connectivity index (χ0v) is 5.82. The minimum Gasteiger partial charge on any atom is -0.337 e. The molecule has 0 amide bonds. The number of hydrogen-bond donors (Lipinski definition) is 0. The van der Waals surface area contributed by atoms with Crippen molar-refractivity contribution in [3.63, 3.8) is 0 Å². The molecule has 0 saturated carbocycles. The van der Waals surface area contributed by atoms with Crippen molar-refractivity contribution in [1.29, 1.82) is 0 Å². The molecule has 11 heavy (non-hydrogen) atoms. The second-order valence-electron chi connectivity index (χ2n) is 2.39. The predicted molar refractivity (Wildman–Crippen MR) is 36.4 cm³/mol. The fourth-order valence-corrected chi connectivity index (χ4v) is 1.07. The molecule has 0 N–H and O–H groups in total. The van der Waals surface area contributed by atoms with E-state index in [2.05, 4.69) is 4.89 Å². The Morgan fingerprint density at radius 1 is 1.36 bits per heavy atom. The van der Waals surface area contributed by atoms with Gasteiger partial charge in [-0.2, -0.15) is 4.89 Å².